The van der Waals surface area contributed by atoms with Crippen molar-refractivity contribution in [3.8, 4) is 5.69 Å². The number of nitrogens with one attached hydrogen (secondary N) is 1. The maximum absolute atomic E-state index is 13.1. The number of rotatable bonds is 5. The Bertz CT molecular complexity index is 1350. The van der Waals surface area contributed by atoms with Crippen LogP contribution in [0.15, 0.2) is 54.6 Å². The molecule has 1 N–H and O–H groups in total. The van der Waals surface area contributed by atoms with Crippen LogP contribution < -0.4 is 10.2 Å². The van der Waals surface area contributed by atoms with Gasteiger partial charge in [0.05, 0.1) is 34.4 Å². The molecule has 1 fully saturated rings. The number of carbonyl (C=O) groups excluding carboxylic acids is 1. The second-order valence-electron chi connectivity index (χ2n) is 9.23. The van der Waals surface area contributed by atoms with Gasteiger partial charge in [-0.05, 0) is 63.4 Å². The smallest absolute Gasteiger partial charge is 0.225 e. The Morgan fingerprint density at radius 3 is 2.57 bits per heavy atom. The summed E-state index contributed by atoms with van der Waals surface area (Å²) in [7, 11) is 0. The van der Waals surface area contributed by atoms with Crippen LogP contribution in [0.1, 0.15) is 42.8 Å². The van der Waals surface area contributed by atoms with Gasteiger partial charge in [0.15, 0.2) is 5.82 Å². The summed E-state index contributed by atoms with van der Waals surface area (Å²) in [5.74, 6) is 0.688. The van der Waals surface area contributed by atoms with Gasteiger partial charge < -0.3 is 10.2 Å². The van der Waals surface area contributed by atoms with Crippen LogP contribution in [-0.4, -0.2) is 39.0 Å². The number of carbonyl (C=O) groups is 1. The van der Waals surface area contributed by atoms with Crippen molar-refractivity contribution in [3.63, 3.8) is 0 Å². The normalized spacial score (nSPS) is 16.9. The summed E-state index contributed by atoms with van der Waals surface area (Å²) < 4.78 is 1.91. The molecule has 1 aliphatic heterocycles. The zero-order valence-corrected chi connectivity index (χ0v) is 21.0. The highest BCUT2D eigenvalue weighted by Gasteiger charge is 2.30. The lowest BCUT2D eigenvalue weighted by Gasteiger charge is -2.33. The summed E-state index contributed by atoms with van der Waals surface area (Å²) in [6.07, 6.45) is 1.76. The van der Waals surface area contributed by atoms with Crippen LogP contribution in [-0.2, 0) is 4.79 Å². The van der Waals surface area contributed by atoms with Crippen LogP contribution >= 0.6 is 11.6 Å². The van der Waals surface area contributed by atoms with Crippen LogP contribution in [0.5, 0.6) is 0 Å². The monoisotopic (exact) mass is 488 g/mol. The van der Waals surface area contributed by atoms with E-state index < -0.39 is 0 Å². The number of fused-ring (bicyclic) bond motifs is 1. The Hall–Kier alpha value is -3.45. The number of amides is 1. The summed E-state index contributed by atoms with van der Waals surface area (Å²) in [5, 5.41) is 18.8. The quantitative estimate of drug-likeness (QED) is 0.419. The van der Waals surface area contributed by atoms with Crippen molar-refractivity contribution in [1.29, 1.82) is 0 Å². The van der Waals surface area contributed by atoms with Crippen molar-refractivity contribution in [2.75, 3.05) is 18.0 Å². The highest BCUT2D eigenvalue weighted by molar-refractivity contribution is 6.30. The van der Waals surface area contributed by atoms with Crippen molar-refractivity contribution in [2.45, 2.75) is 39.7 Å². The topological polar surface area (TPSA) is 75.9 Å². The van der Waals surface area contributed by atoms with Crippen molar-refractivity contribution in [1.82, 2.24) is 25.3 Å². The Labute approximate surface area is 210 Å². The highest BCUT2D eigenvalue weighted by atomic mass is 35.5. The third-order valence-electron chi connectivity index (χ3n) is 6.81. The van der Waals surface area contributed by atoms with Crippen LogP contribution in [0, 0.1) is 19.8 Å². The predicted molar refractivity (Wildman–Crippen MR) is 139 cm³/mol. The molecule has 0 saturated carbocycles. The molecule has 7 nitrogen and oxygen atoms in total. The van der Waals surface area contributed by atoms with Gasteiger partial charge in [-0.3, -0.25) is 4.79 Å². The molecule has 1 saturated heterocycles. The first-order valence-electron chi connectivity index (χ1n) is 12.0. The molecule has 2 aromatic carbocycles. The molecule has 35 heavy (non-hydrogen) atoms. The molecule has 2 atom stereocenters. The van der Waals surface area contributed by atoms with Crippen molar-refractivity contribution >= 4 is 34.2 Å². The average molecular weight is 489 g/mol. The summed E-state index contributed by atoms with van der Waals surface area (Å²) in [6.45, 7) is 7.43. The first-order valence-corrected chi connectivity index (χ1v) is 12.4. The number of aryl methyl sites for hydroxylation is 2. The van der Waals surface area contributed by atoms with Gasteiger partial charge in [-0.15, -0.1) is 5.10 Å². The van der Waals surface area contributed by atoms with Gasteiger partial charge in [-0.1, -0.05) is 41.9 Å². The van der Waals surface area contributed by atoms with Crippen molar-refractivity contribution < 1.29 is 4.79 Å². The molecule has 180 valence electrons. The predicted octanol–water partition coefficient (Wildman–Crippen LogP) is 5.18. The maximum Gasteiger partial charge on any atom is 0.225 e. The second-order valence-corrected chi connectivity index (χ2v) is 9.67. The van der Waals surface area contributed by atoms with Crippen LogP contribution in [0.25, 0.3) is 16.6 Å². The van der Waals surface area contributed by atoms with Crippen molar-refractivity contribution in [3.05, 3.63) is 76.6 Å². The number of anilines is 1. The first-order chi connectivity index (χ1) is 16.9. The standard InChI is InChI=1S/C27H29ClN6O/c1-17(20-8-5-4-6-9-20)29-27(35)21-10-7-15-33(16-21)26-25-24(18(2)30-31-26)19(3)34(32-25)23-13-11-22(28)12-14-23/h4-6,8-9,11-14,17,21H,7,10,15-16H2,1-3H3,(H,29,35)/t17-,21-/m0/s1. The lowest BCUT2D eigenvalue weighted by Crippen LogP contribution is -2.44. The SMILES string of the molecule is Cc1nnc(N2CCC[C@H](C(=O)N[C@@H](C)c3ccccc3)C2)c2nn(-c3ccc(Cl)cc3)c(C)c12. The number of piperidine rings is 1. The molecule has 1 aliphatic rings. The van der Waals surface area contributed by atoms with Gasteiger partial charge in [0.2, 0.25) is 5.91 Å². The molecule has 0 aliphatic carbocycles. The van der Waals surface area contributed by atoms with E-state index in [1.165, 1.54) is 0 Å². The fraction of sp³-hybridized carbons (Fsp3) is 0.333. The van der Waals surface area contributed by atoms with Gasteiger partial charge in [0.25, 0.3) is 0 Å². The van der Waals surface area contributed by atoms with Gasteiger partial charge in [0, 0.05) is 18.1 Å². The van der Waals surface area contributed by atoms with E-state index in [1.807, 2.05) is 80.1 Å². The van der Waals surface area contributed by atoms with E-state index in [-0.39, 0.29) is 17.9 Å². The molecule has 4 aromatic rings. The zero-order valence-electron chi connectivity index (χ0n) is 20.2. The zero-order chi connectivity index (χ0) is 24.5. The fourth-order valence-electron chi connectivity index (χ4n) is 4.90. The summed E-state index contributed by atoms with van der Waals surface area (Å²) in [6, 6.07) is 17.6. The molecule has 1 amide bonds. The van der Waals surface area contributed by atoms with Crippen molar-refractivity contribution in [2.24, 2.45) is 5.92 Å². The molecule has 0 radical (unpaired) electrons. The number of nitrogens with zero attached hydrogens (tertiary/aromatic N) is 5. The van der Waals surface area contributed by atoms with E-state index in [0.29, 0.717) is 11.6 Å². The van der Waals surface area contributed by atoms with E-state index in [1.54, 1.807) is 0 Å². The molecule has 0 unspecified atom stereocenters. The van der Waals surface area contributed by atoms with E-state index in [2.05, 4.69) is 20.4 Å². The molecular formula is C27H29ClN6O. The fourth-order valence-corrected chi connectivity index (χ4v) is 5.02. The summed E-state index contributed by atoms with van der Waals surface area (Å²) in [5.41, 5.74) is 4.68. The minimum absolute atomic E-state index is 0.0392. The van der Waals surface area contributed by atoms with E-state index in [0.717, 1.165) is 58.7 Å². The van der Waals surface area contributed by atoms with Crippen LogP contribution in [0.4, 0.5) is 5.82 Å². The highest BCUT2D eigenvalue weighted by Crippen LogP contribution is 2.32. The lowest BCUT2D eigenvalue weighted by molar-refractivity contribution is -0.125. The van der Waals surface area contributed by atoms with Gasteiger partial charge in [0.1, 0.15) is 5.52 Å². The lowest BCUT2D eigenvalue weighted by atomic mass is 9.96. The van der Waals surface area contributed by atoms with E-state index in [4.69, 9.17) is 16.7 Å². The van der Waals surface area contributed by atoms with Gasteiger partial charge in [-0.2, -0.15) is 10.2 Å². The Kier molecular flexibility index (Phi) is 6.43. The number of halogens is 1. The molecule has 3 heterocycles. The number of hydrogen-bond donors (Lipinski definition) is 1. The largest absolute Gasteiger partial charge is 0.352 e. The number of aromatic nitrogens is 4. The van der Waals surface area contributed by atoms with E-state index >= 15 is 0 Å². The summed E-state index contributed by atoms with van der Waals surface area (Å²) in [4.78, 5) is 15.3. The Morgan fingerprint density at radius 2 is 1.83 bits per heavy atom. The Balaban J connectivity index is 1.42. The molecule has 5 rings (SSSR count). The Morgan fingerprint density at radius 1 is 1.09 bits per heavy atom. The number of hydrogen-bond acceptors (Lipinski definition) is 5. The van der Waals surface area contributed by atoms with Crippen LogP contribution in [0.2, 0.25) is 5.02 Å². The molecule has 0 spiro atoms. The average Bonchev–Trinajstić information content (AvgIpc) is 3.23. The molecule has 8 heteroatoms. The molecule has 0 bridgehead atoms. The third-order valence-corrected chi connectivity index (χ3v) is 7.06. The first kappa shape index (κ1) is 23.3. The van der Waals surface area contributed by atoms with Gasteiger partial charge in [-0.25, -0.2) is 4.68 Å². The third kappa shape index (κ3) is 4.60. The molecular weight excluding hydrogens is 460 g/mol. The number of benzene rings is 2. The van der Waals surface area contributed by atoms with Gasteiger partial charge >= 0.3 is 0 Å². The van der Waals surface area contributed by atoms with E-state index in [9.17, 15) is 4.79 Å². The molecule has 2 aromatic heterocycles. The maximum atomic E-state index is 13.1. The minimum Gasteiger partial charge on any atom is -0.352 e. The minimum atomic E-state index is -0.118. The summed E-state index contributed by atoms with van der Waals surface area (Å²) >= 11 is 6.09. The van der Waals surface area contributed by atoms with Crippen LogP contribution in [0.3, 0.4) is 0 Å². The second kappa shape index (κ2) is 9.66.